The lowest BCUT2D eigenvalue weighted by Gasteiger charge is -2.41. The van der Waals surface area contributed by atoms with E-state index in [1.54, 1.807) is 55.5 Å². The van der Waals surface area contributed by atoms with E-state index in [4.69, 9.17) is 11.6 Å². The van der Waals surface area contributed by atoms with Gasteiger partial charge in [0.2, 0.25) is 0 Å². The van der Waals surface area contributed by atoms with Gasteiger partial charge in [-0.25, -0.2) is 14.5 Å². The van der Waals surface area contributed by atoms with Gasteiger partial charge in [-0.3, -0.25) is 24.4 Å². The topological polar surface area (TPSA) is 133 Å². The molecule has 3 aromatic rings. The third-order valence-corrected chi connectivity index (χ3v) is 5.82. The zero-order valence-corrected chi connectivity index (χ0v) is 19.8. The van der Waals surface area contributed by atoms with Gasteiger partial charge < -0.3 is 5.32 Å². The van der Waals surface area contributed by atoms with E-state index in [2.05, 4.69) is 15.8 Å². The number of nitroso groups, excluding NO2 is 1. The van der Waals surface area contributed by atoms with Crippen molar-refractivity contribution in [2.24, 2.45) is 5.18 Å². The SMILES string of the molecule is CCN1C(=O)NC(Nc2ccc(-n3cc(C(=O)N=O)ccc3=O)cc2)N(Cc2ccc(Cl)cc2)C1=O. The Morgan fingerprint density at radius 3 is 2.36 bits per heavy atom. The number of nitrogens with one attached hydrogen (secondary N) is 2. The van der Waals surface area contributed by atoms with E-state index in [0.29, 0.717) is 16.4 Å². The van der Waals surface area contributed by atoms with Crippen LogP contribution in [0.1, 0.15) is 22.8 Å². The van der Waals surface area contributed by atoms with E-state index < -0.39 is 29.8 Å². The van der Waals surface area contributed by atoms with Gasteiger partial charge in [-0.15, -0.1) is 4.91 Å². The van der Waals surface area contributed by atoms with Crippen LogP contribution in [0.5, 0.6) is 0 Å². The maximum Gasteiger partial charge on any atom is 0.331 e. The normalized spacial score (nSPS) is 15.4. The molecule has 2 N–H and O–H groups in total. The van der Waals surface area contributed by atoms with Crippen molar-refractivity contribution in [2.75, 3.05) is 11.9 Å². The van der Waals surface area contributed by atoms with Crippen LogP contribution in [0.25, 0.3) is 5.69 Å². The second kappa shape index (κ2) is 10.4. The van der Waals surface area contributed by atoms with Crippen LogP contribution >= 0.6 is 11.6 Å². The number of carbonyl (C=O) groups is 3. The highest BCUT2D eigenvalue weighted by Gasteiger charge is 2.37. The fourth-order valence-corrected chi connectivity index (χ4v) is 3.83. The Hall–Kier alpha value is -4.51. The lowest BCUT2D eigenvalue weighted by atomic mass is 10.2. The molecule has 4 rings (SSSR count). The fraction of sp³-hybridized carbons (Fsp3) is 0.167. The molecule has 11 nitrogen and oxygen atoms in total. The molecule has 1 atom stereocenters. The molecule has 1 aliphatic rings. The zero-order valence-electron chi connectivity index (χ0n) is 19.1. The molecule has 184 valence electrons. The number of hydrogen-bond donors (Lipinski definition) is 2. The summed E-state index contributed by atoms with van der Waals surface area (Å²) in [6.07, 6.45) is 0.388. The van der Waals surface area contributed by atoms with Crippen LogP contribution in [0.2, 0.25) is 5.02 Å². The number of benzene rings is 2. The van der Waals surface area contributed by atoms with Crippen molar-refractivity contribution in [3.05, 3.63) is 98.3 Å². The minimum atomic E-state index is -0.985. The van der Waals surface area contributed by atoms with Gasteiger partial charge in [0.05, 0.1) is 12.1 Å². The molecule has 2 aromatic carbocycles. The molecule has 1 aromatic heterocycles. The Morgan fingerprint density at radius 1 is 1.03 bits per heavy atom. The van der Waals surface area contributed by atoms with Crippen molar-refractivity contribution in [1.29, 1.82) is 0 Å². The highest BCUT2D eigenvalue weighted by atomic mass is 35.5. The lowest BCUT2D eigenvalue weighted by molar-refractivity contribution is 0.0999. The highest BCUT2D eigenvalue weighted by molar-refractivity contribution is 6.30. The Balaban J connectivity index is 1.58. The summed E-state index contributed by atoms with van der Waals surface area (Å²) in [4.78, 5) is 62.5. The number of rotatable bonds is 7. The quantitative estimate of drug-likeness (QED) is 0.467. The summed E-state index contributed by atoms with van der Waals surface area (Å²) in [7, 11) is 0. The molecule has 1 aliphatic heterocycles. The van der Waals surface area contributed by atoms with E-state index >= 15 is 0 Å². The fourth-order valence-electron chi connectivity index (χ4n) is 3.71. The van der Waals surface area contributed by atoms with E-state index in [-0.39, 0.29) is 18.7 Å². The average Bonchev–Trinajstić information content (AvgIpc) is 2.88. The number of imide groups is 1. The summed E-state index contributed by atoms with van der Waals surface area (Å²) in [6.45, 7) is 2.13. The van der Waals surface area contributed by atoms with Gasteiger partial charge in [-0.05, 0) is 55.0 Å². The number of pyridine rings is 1. The maximum absolute atomic E-state index is 13.1. The van der Waals surface area contributed by atoms with E-state index in [9.17, 15) is 24.1 Å². The molecule has 0 radical (unpaired) electrons. The molecule has 0 aliphatic carbocycles. The van der Waals surface area contributed by atoms with Gasteiger partial charge in [0.1, 0.15) is 0 Å². The number of halogens is 1. The molecule has 36 heavy (non-hydrogen) atoms. The van der Waals surface area contributed by atoms with Crippen LogP contribution in [0, 0.1) is 4.91 Å². The van der Waals surface area contributed by atoms with E-state index in [0.717, 1.165) is 10.5 Å². The number of anilines is 1. The summed E-state index contributed by atoms with van der Waals surface area (Å²) in [5, 5.41) is 8.85. The smallest absolute Gasteiger partial charge is 0.331 e. The van der Waals surface area contributed by atoms with Gasteiger partial charge in [0.15, 0.2) is 6.29 Å². The second-order valence-corrected chi connectivity index (χ2v) is 8.28. The standard InChI is InChI=1S/C24H21ClN6O5/c1-2-29-23(34)27-22(31(24(29)35)13-15-3-6-17(25)7-4-15)26-18-8-10-19(11-9-18)30-14-16(21(33)28-36)5-12-20(30)32/h3-12,14,22,26H,2,13H2,1H3,(H,27,34). The number of aromatic nitrogens is 1. The molecule has 0 bridgehead atoms. The van der Waals surface area contributed by atoms with Gasteiger partial charge >= 0.3 is 18.0 Å². The monoisotopic (exact) mass is 508 g/mol. The van der Waals surface area contributed by atoms with E-state index in [1.165, 1.54) is 27.8 Å². The predicted molar refractivity (Wildman–Crippen MR) is 133 cm³/mol. The molecular formula is C24H21ClN6O5. The van der Waals surface area contributed by atoms with Crippen molar-refractivity contribution >= 4 is 35.3 Å². The minimum absolute atomic E-state index is 0.0199. The van der Waals surface area contributed by atoms with Crippen LogP contribution in [0.3, 0.4) is 0 Å². The number of hydrogen-bond acceptors (Lipinski definition) is 6. The molecule has 0 spiro atoms. The molecule has 5 amide bonds. The Bertz CT molecular complexity index is 1370. The first-order valence-electron chi connectivity index (χ1n) is 10.9. The highest BCUT2D eigenvalue weighted by Crippen LogP contribution is 2.20. The van der Waals surface area contributed by atoms with Crippen molar-refractivity contribution in [3.8, 4) is 5.69 Å². The molecule has 0 saturated carbocycles. The first kappa shape index (κ1) is 24.6. The summed E-state index contributed by atoms with van der Waals surface area (Å²) in [6, 6.07) is 15.0. The molecule has 2 heterocycles. The van der Waals surface area contributed by atoms with Crippen LogP contribution in [0.4, 0.5) is 15.3 Å². The van der Waals surface area contributed by atoms with Gasteiger partial charge in [-0.1, -0.05) is 23.7 Å². The Labute approximate surface area is 210 Å². The number of urea groups is 2. The molecule has 1 fully saturated rings. The van der Waals surface area contributed by atoms with Crippen molar-refractivity contribution in [3.63, 3.8) is 0 Å². The predicted octanol–water partition coefficient (Wildman–Crippen LogP) is 3.76. The number of nitrogens with zero attached hydrogens (tertiary/aromatic N) is 4. The average molecular weight is 509 g/mol. The maximum atomic E-state index is 13.1. The van der Waals surface area contributed by atoms with Gasteiger partial charge in [-0.2, -0.15) is 0 Å². The van der Waals surface area contributed by atoms with E-state index in [1.807, 2.05) is 0 Å². The Morgan fingerprint density at radius 2 is 1.72 bits per heavy atom. The van der Waals surface area contributed by atoms with Gasteiger partial charge in [0, 0.05) is 40.4 Å². The summed E-state index contributed by atoms with van der Waals surface area (Å²) < 4.78 is 1.21. The van der Waals surface area contributed by atoms with Crippen molar-refractivity contribution < 1.29 is 14.4 Å². The first-order chi connectivity index (χ1) is 17.3. The van der Waals surface area contributed by atoms with Crippen LogP contribution in [0.15, 0.2) is 76.8 Å². The lowest BCUT2D eigenvalue weighted by Crippen LogP contribution is -2.66. The number of carbonyl (C=O) groups excluding carboxylic acids is 3. The summed E-state index contributed by atoms with van der Waals surface area (Å²) in [5.41, 5.74) is 1.38. The van der Waals surface area contributed by atoms with Gasteiger partial charge in [0.25, 0.3) is 5.56 Å². The summed E-state index contributed by atoms with van der Waals surface area (Å²) >= 11 is 5.97. The van der Waals surface area contributed by atoms with Crippen molar-refractivity contribution in [1.82, 2.24) is 19.7 Å². The zero-order chi connectivity index (χ0) is 25.8. The first-order valence-corrected chi connectivity index (χ1v) is 11.3. The van der Waals surface area contributed by atoms with Crippen LogP contribution < -0.4 is 16.2 Å². The van der Waals surface area contributed by atoms with Crippen LogP contribution in [-0.4, -0.2) is 45.2 Å². The molecule has 12 heteroatoms. The third-order valence-electron chi connectivity index (χ3n) is 5.57. The second-order valence-electron chi connectivity index (χ2n) is 7.85. The largest absolute Gasteiger partial charge is 0.348 e. The Kier molecular flexibility index (Phi) is 7.11. The third kappa shape index (κ3) is 5.10. The number of amides is 5. The molecular weight excluding hydrogens is 488 g/mol. The molecule has 1 unspecified atom stereocenters. The van der Waals surface area contributed by atoms with Crippen LogP contribution in [-0.2, 0) is 6.54 Å². The van der Waals surface area contributed by atoms with Crippen molar-refractivity contribution in [2.45, 2.75) is 19.8 Å². The molecule has 1 saturated heterocycles. The summed E-state index contributed by atoms with van der Waals surface area (Å²) in [5.74, 6) is -0.985. The minimum Gasteiger partial charge on any atom is -0.348 e.